The SMILES string of the molecule is CC#CCN1CCC([C@H]2OCC[C@@H]2C(N)=O)CC1. The first-order chi connectivity index (χ1) is 8.72. The maximum absolute atomic E-state index is 11.4. The summed E-state index contributed by atoms with van der Waals surface area (Å²) in [5.74, 6) is 6.24. The van der Waals surface area contributed by atoms with Gasteiger partial charge < -0.3 is 10.5 Å². The van der Waals surface area contributed by atoms with Gasteiger partial charge in [-0.25, -0.2) is 0 Å². The van der Waals surface area contributed by atoms with Gasteiger partial charge in [0.25, 0.3) is 0 Å². The number of nitrogens with two attached hydrogens (primary N) is 1. The van der Waals surface area contributed by atoms with Crippen molar-refractivity contribution in [3.8, 4) is 11.8 Å². The minimum absolute atomic E-state index is 0.0573. The highest BCUT2D eigenvalue weighted by atomic mass is 16.5. The second kappa shape index (κ2) is 6.21. The predicted octanol–water partition coefficient (Wildman–Crippen LogP) is 0.612. The van der Waals surface area contributed by atoms with E-state index in [1.54, 1.807) is 0 Å². The van der Waals surface area contributed by atoms with E-state index in [1.165, 1.54) is 0 Å². The number of hydrogen-bond donors (Lipinski definition) is 1. The molecule has 100 valence electrons. The van der Waals surface area contributed by atoms with Gasteiger partial charge in [0.15, 0.2) is 0 Å². The van der Waals surface area contributed by atoms with Crippen LogP contribution in [0, 0.1) is 23.7 Å². The number of piperidine rings is 1. The van der Waals surface area contributed by atoms with Crippen molar-refractivity contribution in [3.63, 3.8) is 0 Å². The van der Waals surface area contributed by atoms with Gasteiger partial charge in [0.1, 0.15) is 0 Å². The molecule has 2 rings (SSSR count). The molecule has 2 heterocycles. The summed E-state index contributed by atoms with van der Waals surface area (Å²) in [5.41, 5.74) is 5.44. The fourth-order valence-electron chi connectivity index (χ4n) is 3.01. The summed E-state index contributed by atoms with van der Waals surface area (Å²) >= 11 is 0. The average Bonchev–Trinajstić information content (AvgIpc) is 2.86. The topological polar surface area (TPSA) is 55.6 Å². The summed E-state index contributed by atoms with van der Waals surface area (Å²) in [4.78, 5) is 13.7. The number of carbonyl (C=O) groups excluding carboxylic acids is 1. The number of amides is 1. The molecule has 2 N–H and O–H groups in total. The van der Waals surface area contributed by atoms with Crippen molar-refractivity contribution in [1.29, 1.82) is 0 Å². The summed E-state index contributed by atoms with van der Waals surface area (Å²) in [6, 6.07) is 0. The predicted molar refractivity (Wildman–Crippen MR) is 69.7 cm³/mol. The van der Waals surface area contributed by atoms with Crippen LogP contribution in [0.2, 0.25) is 0 Å². The van der Waals surface area contributed by atoms with Crippen molar-refractivity contribution in [3.05, 3.63) is 0 Å². The highest BCUT2D eigenvalue weighted by Crippen LogP contribution is 2.32. The molecule has 0 radical (unpaired) electrons. The van der Waals surface area contributed by atoms with E-state index >= 15 is 0 Å². The van der Waals surface area contributed by atoms with Crippen LogP contribution >= 0.6 is 0 Å². The highest BCUT2D eigenvalue weighted by molar-refractivity contribution is 5.77. The quantitative estimate of drug-likeness (QED) is 0.747. The Hall–Kier alpha value is -1.05. The Balaban J connectivity index is 1.85. The van der Waals surface area contributed by atoms with Gasteiger partial charge >= 0.3 is 0 Å². The van der Waals surface area contributed by atoms with E-state index in [4.69, 9.17) is 10.5 Å². The van der Waals surface area contributed by atoms with E-state index < -0.39 is 0 Å². The van der Waals surface area contributed by atoms with Crippen molar-refractivity contribution < 1.29 is 9.53 Å². The van der Waals surface area contributed by atoms with Gasteiger partial charge in [-0.1, -0.05) is 5.92 Å². The number of likely N-dealkylation sites (tertiary alicyclic amines) is 1. The third-order valence-electron chi connectivity index (χ3n) is 4.08. The number of hydrogen-bond acceptors (Lipinski definition) is 3. The molecule has 0 aliphatic carbocycles. The number of carbonyl (C=O) groups is 1. The van der Waals surface area contributed by atoms with Gasteiger partial charge in [0, 0.05) is 6.61 Å². The molecule has 2 atom stereocenters. The van der Waals surface area contributed by atoms with Gasteiger partial charge in [-0.05, 0) is 45.2 Å². The Morgan fingerprint density at radius 2 is 2.11 bits per heavy atom. The molecule has 2 fully saturated rings. The molecule has 4 heteroatoms. The first-order valence-electron chi connectivity index (χ1n) is 6.75. The molecule has 2 aliphatic rings. The lowest BCUT2D eigenvalue weighted by Gasteiger charge is -2.34. The zero-order chi connectivity index (χ0) is 13.0. The molecule has 0 bridgehead atoms. The third kappa shape index (κ3) is 3.04. The average molecular weight is 250 g/mol. The normalized spacial score (nSPS) is 29.8. The summed E-state index contributed by atoms with van der Waals surface area (Å²) in [6.45, 7) is 5.50. The molecule has 2 saturated heterocycles. The Morgan fingerprint density at radius 1 is 1.39 bits per heavy atom. The van der Waals surface area contributed by atoms with Crippen LogP contribution in [0.15, 0.2) is 0 Å². The number of primary amides is 1. The largest absolute Gasteiger partial charge is 0.377 e. The van der Waals surface area contributed by atoms with Crippen molar-refractivity contribution >= 4 is 5.91 Å². The Morgan fingerprint density at radius 3 is 2.72 bits per heavy atom. The lowest BCUT2D eigenvalue weighted by Crippen LogP contribution is -2.42. The molecule has 0 aromatic rings. The second-order valence-electron chi connectivity index (χ2n) is 5.17. The standard InChI is InChI=1S/C14H22N2O2/c1-2-3-7-16-8-4-11(5-9-16)13-12(14(15)17)6-10-18-13/h11-13H,4-10H2,1H3,(H2,15,17)/t12-,13+/m0/s1. The number of ether oxygens (including phenoxy) is 1. The summed E-state index contributed by atoms with van der Waals surface area (Å²) in [5, 5.41) is 0. The van der Waals surface area contributed by atoms with Crippen LogP contribution in [-0.4, -0.2) is 43.2 Å². The molecule has 18 heavy (non-hydrogen) atoms. The molecule has 4 nitrogen and oxygen atoms in total. The maximum atomic E-state index is 11.4. The second-order valence-corrected chi connectivity index (χ2v) is 5.17. The first kappa shape index (κ1) is 13.4. The summed E-state index contributed by atoms with van der Waals surface area (Å²) in [7, 11) is 0. The van der Waals surface area contributed by atoms with Crippen LogP contribution < -0.4 is 5.73 Å². The molecule has 2 aliphatic heterocycles. The Kier molecular flexibility index (Phi) is 4.62. The van der Waals surface area contributed by atoms with E-state index in [0.29, 0.717) is 12.5 Å². The molecule has 1 amide bonds. The molecular weight excluding hydrogens is 228 g/mol. The Bertz CT molecular complexity index is 351. The van der Waals surface area contributed by atoms with Crippen LogP contribution in [0.4, 0.5) is 0 Å². The smallest absolute Gasteiger partial charge is 0.223 e. The third-order valence-corrected chi connectivity index (χ3v) is 4.08. The minimum atomic E-state index is -0.197. The molecular formula is C14H22N2O2. The van der Waals surface area contributed by atoms with Crippen LogP contribution in [0.1, 0.15) is 26.2 Å². The number of rotatable bonds is 3. The monoisotopic (exact) mass is 250 g/mol. The van der Waals surface area contributed by atoms with Crippen LogP contribution in [-0.2, 0) is 9.53 Å². The number of nitrogens with zero attached hydrogens (tertiary/aromatic N) is 1. The zero-order valence-corrected chi connectivity index (χ0v) is 11.0. The van der Waals surface area contributed by atoms with E-state index in [0.717, 1.165) is 38.9 Å². The van der Waals surface area contributed by atoms with E-state index in [1.807, 2.05) is 6.92 Å². The molecule has 0 aromatic carbocycles. The first-order valence-corrected chi connectivity index (χ1v) is 6.75. The zero-order valence-electron chi connectivity index (χ0n) is 11.0. The van der Waals surface area contributed by atoms with Crippen molar-refractivity contribution in [2.24, 2.45) is 17.6 Å². The fourth-order valence-corrected chi connectivity index (χ4v) is 3.01. The van der Waals surface area contributed by atoms with E-state index in [-0.39, 0.29) is 17.9 Å². The Labute approximate surface area is 109 Å². The van der Waals surface area contributed by atoms with Crippen molar-refractivity contribution in [1.82, 2.24) is 4.90 Å². The summed E-state index contributed by atoms with van der Waals surface area (Å²) < 4.78 is 5.74. The van der Waals surface area contributed by atoms with Gasteiger partial charge in [0.2, 0.25) is 5.91 Å². The van der Waals surface area contributed by atoms with Crippen LogP contribution in [0.5, 0.6) is 0 Å². The molecule has 0 saturated carbocycles. The molecule has 0 spiro atoms. The lowest BCUT2D eigenvalue weighted by atomic mass is 9.84. The van der Waals surface area contributed by atoms with Crippen molar-refractivity contribution in [2.45, 2.75) is 32.3 Å². The minimum Gasteiger partial charge on any atom is -0.377 e. The van der Waals surface area contributed by atoms with Gasteiger partial charge in [0.05, 0.1) is 18.6 Å². The fraction of sp³-hybridized carbons (Fsp3) is 0.786. The van der Waals surface area contributed by atoms with E-state index in [9.17, 15) is 4.79 Å². The summed E-state index contributed by atoms with van der Waals surface area (Å²) in [6.07, 6.45) is 3.02. The maximum Gasteiger partial charge on any atom is 0.223 e. The van der Waals surface area contributed by atoms with Gasteiger partial charge in [-0.2, -0.15) is 0 Å². The van der Waals surface area contributed by atoms with Gasteiger partial charge in [-0.3, -0.25) is 9.69 Å². The lowest BCUT2D eigenvalue weighted by molar-refractivity contribution is -0.124. The van der Waals surface area contributed by atoms with E-state index in [2.05, 4.69) is 16.7 Å². The van der Waals surface area contributed by atoms with Crippen LogP contribution in [0.25, 0.3) is 0 Å². The van der Waals surface area contributed by atoms with Gasteiger partial charge in [-0.15, -0.1) is 5.92 Å². The van der Waals surface area contributed by atoms with Crippen LogP contribution in [0.3, 0.4) is 0 Å². The van der Waals surface area contributed by atoms with Crippen molar-refractivity contribution in [2.75, 3.05) is 26.2 Å². The molecule has 0 aromatic heterocycles. The molecule has 0 unspecified atom stereocenters. The highest BCUT2D eigenvalue weighted by Gasteiger charge is 2.39.